The summed E-state index contributed by atoms with van der Waals surface area (Å²) < 4.78 is 31.7. The Balaban J connectivity index is 1.38. The van der Waals surface area contributed by atoms with Gasteiger partial charge in [-0.25, -0.2) is 9.37 Å². The van der Waals surface area contributed by atoms with Gasteiger partial charge in [0.25, 0.3) is 0 Å². The predicted molar refractivity (Wildman–Crippen MR) is 118 cm³/mol. The number of nitrogens with zero attached hydrogens (tertiary/aromatic N) is 4. The molecule has 0 unspecified atom stereocenters. The highest BCUT2D eigenvalue weighted by molar-refractivity contribution is 5.84. The minimum atomic E-state index is -0.620. The Kier molecular flexibility index (Phi) is 5.35. The topological polar surface area (TPSA) is 112 Å². The summed E-state index contributed by atoms with van der Waals surface area (Å²) in [5.41, 5.74) is 1.93. The molecular weight excluding hydrogens is 431 g/mol. The number of halogens is 1. The van der Waals surface area contributed by atoms with Gasteiger partial charge < -0.3 is 24.8 Å². The van der Waals surface area contributed by atoms with Crippen LogP contribution in [0.15, 0.2) is 48.8 Å². The van der Waals surface area contributed by atoms with Gasteiger partial charge in [0.05, 0.1) is 25.0 Å². The number of aromatic nitrogens is 4. The van der Waals surface area contributed by atoms with Gasteiger partial charge in [-0.1, -0.05) is 0 Å². The summed E-state index contributed by atoms with van der Waals surface area (Å²) in [7, 11) is 1.31. The highest BCUT2D eigenvalue weighted by atomic mass is 19.1. The van der Waals surface area contributed by atoms with Gasteiger partial charge in [-0.15, -0.1) is 0 Å². The van der Waals surface area contributed by atoms with Crippen molar-refractivity contribution >= 4 is 40.0 Å². The largest absolute Gasteiger partial charge is 0.486 e. The first-order chi connectivity index (χ1) is 16.1. The molecule has 2 aromatic heterocycles. The number of anilines is 4. The first kappa shape index (κ1) is 20.5. The number of fused-ring (bicyclic) bond motifs is 2. The predicted octanol–water partition coefficient (Wildman–Crippen LogP) is 3.40. The molecule has 0 fully saturated rings. The summed E-state index contributed by atoms with van der Waals surface area (Å²) in [5, 5.41) is 11.0. The van der Waals surface area contributed by atoms with Crippen molar-refractivity contribution in [2.24, 2.45) is 0 Å². The standard InChI is InChI=1S/C22H19FN6O4/c1-31-20(30)12-29-17-8-14(3-2-13(17)10-25-29)26-21-16(23)11-24-22(28-21)27-15-4-5-18-19(9-15)33-7-6-32-18/h2-5,8-11H,6-7,12H2,1H3,(H2,24,26,27,28). The van der Waals surface area contributed by atoms with Gasteiger partial charge in [-0.05, 0) is 30.3 Å². The van der Waals surface area contributed by atoms with E-state index >= 15 is 0 Å². The molecule has 0 amide bonds. The van der Waals surface area contributed by atoms with Crippen LogP contribution in [0.5, 0.6) is 11.5 Å². The van der Waals surface area contributed by atoms with E-state index in [2.05, 4.69) is 25.7 Å². The Morgan fingerprint density at radius 2 is 1.88 bits per heavy atom. The second kappa shape index (κ2) is 8.61. The molecule has 0 saturated heterocycles. The van der Waals surface area contributed by atoms with Gasteiger partial charge in [0.1, 0.15) is 19.8 Å². The van der Waals surface area contributed by atoms with E-state index in [9.17, 15) is 9.18 Å². The third-order valence-corrected chi connectivity index (χ3v) is 4.96. The maximum atomic E-state index is 14.4. The average Bonchev–Trinajstić information content (AvgIpc) is 3.23. The first-order valence-corrected chi connectivity index (χ1v) is 10.1. The van der Waals surface area contributed by atoms with E-state index < -0.39 is 11.8 Å². The number of ether oxygens (including phenoxy) is 3. The van der Waals surface area contributed by atoms with Crippen LogP contribution in [-0.2, 0) is 16.1 Å². The van der Waals surface area contributed by atoms with Gasteiger partial charge in [0, 0.05) is 22.8 Å². The lowest BCUT2D eigenvalue weighted by molar-refractivity contribution is -0.141. The fourth-order valence-corrected chi connectivity index (χ4v) is 3.36. The fourth-order valence-electron chi connectivity index (χ4n) is 3.36. The molecule has 33 heavy (non-hydrogen) atoms. The molecule has 0 radical (unpaired) electrons. The highest BCUT2D eigenvalue weighted by Crippen LogP contribution is 2.33. The van der Waals surface area contributed by atoms with E-state index in [1.807, 2.05) is 6.07 Å². The number of esters is 1. The summed E-state index contributed by atoms with van der Waals surface area (Å²) in [6.07, 6.45) is 2.72. The number of rotatable bonds is 6. The number of nitrogens with one attached hydrogen (secondary N) is 2. The van der Waals surface area contributed by atoms with Crippen LogP contribution >= 0.6 is 0 Å². The van der Waals surface area contributed by atoms with E-state index in [1.54, 1.807) is 36.5 Å². The molecule has 2 N–H and O–H groups in total. The number of carbonyl (C=O) groups excluding carboxylic acids is 1. The van der Waals surface area contributed by atoms with Crippen molar-refractivity contribution < 1.29 is 23.4 Å². The summed E-state index contributed by atoms with van der Waals surface area (Å²) in [6.45, 7) is 0.945. The van der Waals surface area contributed by atoms with Gasteiger partial charge >= 0.3 is 5.97 Å². The normalized spacial score (nSPS) is 12.4. The molecule has 1 aliphatic heterocycles. The maximum absolute atomic E-state index is 14.4. The Hall–Kier alpha value is -4.41. The van der Waals surface area contributed by atoms with Crippen LogP contribution in [0.4, 0.5) is 27.5 Å². The van der Waals surface area contributed by atoms with Crippen molar-refractivity contribution in [2.45, 2.75) is 6.54 Å². The molecule has 11 heteroatoms. The Morgan fingerprint density at radius 3 is 2.73 bits per heavy atom. The molecule has 0 aliphatic carbocycles. The molecule has 5 rings (SSSR count). The molecule has 4 aromatic rings. The summed E-state index contributed by atoms with van der Waals surface area (Å²) >= 11 is 0. The van der Waals surface area contributed by atoms with Gasteiger partial charge in [-0.3, -0.25) is 9.48 Å². The molecule has 0 bridgehead atoms. The maximum Gasteiger partial charge on any atom is 0.327 e. The fraction of sp³-hybridized carbons (Fsp3) is 0.182. The lowest BCUT2D eigenvalue weighted by Crippen LogP contribution is -2.15. The number of methoxy groups -OCH3 is 1. The molecule has 168 valence electrons. The molecule has 1 aliphatic rings. The van der Waals surface area contributed by atoms with Crippen molar-refractivity contribution in [1.29, 1.82) is 0 Å². The molecular formula is C22H19FN6O4. The number of benzene rings is 2. The molecule has 0 atom stereocenters. The van der Waals surface area contributed by atoms with Crippen molar-refractivity contribution in [3.63, 3.8) is 0 Å². The zero-order valence-corrected chi connectivity index (χ0v) is 17.5. The van der Waals surface area contributed by atoms with Gasteiger partial charge in [0.15, 0.2) is 23.1 Å². The monoisotopic (exact) mass is 450 g/mol. The second-order valence-corrected chi connectivity index (χ2v) is 7.15. The zero-order chi connectivity index (χ0) is 22.8. The Morgan fingerprint density at radius 1 is 1.09 bits per heavy atom. The van der Waals surface area contributed by atoms with Crippen molar-refractivity contribution in [1.82, 2.24) is 19.7 Å². The van der Waals surface area contributed by atoms with Crippen LogP contribution in [0.1, 0.15) is 0 Å². The Bertz CT molecular complexity index is 1340. The van der Waals surface area contributed by atoms with E-state index in [-0.39, 0.29) is 18.3 Å². The summed E-state index contributed by atoms with van der Waals surface area (Å²) in [4.78, 5) is 19.9. The molecule has 10 nitrogen and oxygen atoms in total. The van der Waals surface area contributed by atoms with Crippen LogP contribution in [0.2, 0.25) is 0 Å². The molecule has 2 aromatic carbocycles. The van der Waals surface area contributed by atoms with E-state index in [0.29, 0.717) is 41.6 Å². The Labute approximate surface area is 187 Å². The average molecular weight is 450 g/mol. The number of carbonyl (C=O) groups is 1. The number of hydrogen-bond donors (Lipinski definition) is 2. The minimum Gasteiger partial charge on any atom is -0.486 e. The molecule has 0 spiro atoms. The van der Waals surface area contributed by atoms with Gasteiger partial charge in [0.2, 0.25) is 5.95 Å². The second-order valence-electron chi connectivity index (χ2n) is 7.15. The van der Waals surface area contributed by atoms with Gasteiger partial charge in [-0.2, -0.15) is 10.1 Å². The minimum absolute atomic E-state index is 0.0107. The number of hydrogen-bond acceptors (Lipinski definition) is 9. The van der Waals surface area contributed by atoms with Crippen LogP contribution in [0.25, 0.3) is 10.9 Å². The van der Waals surface area contributed by atoms with E-state index in [4.69, 9.17) is 14.2 Å². The SMILES string of the molecule is COC(=O)Cn1ncc2ccc(Nc3nc(Nc4ccc5c(c4)OCCO5)ncc3F)cc21. The highest BCUT2D eigenvalue weighted by Gasteiger charge is 2.14. The van der Waals surface area contributed by atoms with E-state index in [1.165, 1.54) is 11.8 Å². The van der Waals surface area contributed by atoms with Crippen LogP contribution in [0.3, 0.4) is 0 Å². The zero-order valence-electron chi connectivity index (χ0n) is 17.5. The summed E-state index contributed by atoms with van der Waals surface area (Å²) in [5.74, 6) is 0.427. The summed E-state index contributed by atoms with van der Waals surface area (Å²) in [6, 6.07) is 10.7. The lowest BCUT2D eigenvalue weighted by atomic mass is 10.2. The smallest absolute Gasteiger partial charge is 0.327 e. The quantitative estimate of drug-likeness (QED) is 0.427. The van der Waals surface area contributed by atoms with Crippen molar-refractivity contribution in [3.05, 3.63) is 54.6 Å². The lowest BCUT2D eigenvalue weighted by Gasteiger charge is -2.19. The first-order valence-electron chi connectivity index (χ1n) is 10.1. The van der Waals surface area contributed by atoms with Crippen LogP contribution in [-0.4, -0.2) is 46.0 Å². The molecule has 3 heterocycles. The van der Waals surface area contributed by atoms with Crippen LogP contribution < -0.4 is 20.1 Å². The van der Waals surface area contributed by atoms with Crippen LogP contribution in [0, 0.1) is 5.82 Å². The van der Waals surface area contributed by atoms with E-state index in [0.717, 1.165) is 11.6 Å². The molecule has 0 saturated carbocycles. The van der Waals surface area contributed by atoms with Crippen molar-refractivity contribution in [2.75, 3.05) is 31.0 Å². The van der Waals surface area contributed by atoms with Crippen molar-refractivity contribution in [3.8, 4) is 11.5 Å². The third kappa shape index (κ3) is 4.33. The third-order valence-electron chi connectivity index (χ3n) is 4.96.